The van der Waals surface area contributed by atoms with Gasteiger partial charge in [0, 0.05) is 25.3 Å². The Hall–Kier alpha value is -2.71. The lowest BCUT2D eigenvalue weighted by Gasteiger charge is -2.26. The number of esters is 1. The molecule has 0 aliphatic carbocycles. The lowest BCUT2D eigenvalue weighted by atomic mass is 10.2. The summed E-state index contributed by atoms with van der Waals surface area (Å²) in [5.74, 6) is -1.00. The number of ether oxygens (including phenoxy) is 1. The maximum absolute atomic E-state index is 12.8. The Labute approximate surface area is 183 Å². The van der Waals surface area contributed by atoms with Crippen LogP contribution in [0, 0.1) is 0 Å². The largest absolute Gasteiger partial charge is 0.449 e. The number of rotatable bonds is 7. The second kappa shape index (κ2) is 10.1. The number of hydrogen-bond acceptors (Lipinski definition) is 5. The molecule has 166 valence electrons. The van der Waals surface area contributed by atoms with Gasteiger partial charge in [0.15, 0.2) is 6.10 Å². The molecule has 0 bridgehead atoms. The zero-order chi connectivity index (χ0) is 22.4. The van der Waals surface area contributed by atoms with Crippen LogP contribution in [0.3, 0.4) is 0 Å². The molecular weight excluding hydrogens is 416 g/mol. The molecule has 1 aliphatic heterocycles. The van der Waals surface area contributed by atoms with Crippen molar-refractivity contribution in [2.45, 2.75) is 44.1 Å². The number of carbonyl (C=O) groups excluding carboxylic acids is 2. The van der Waals surface area contributed by atoms with Crippen molar-refractivity contribution in [2.24, 2.45) is 0 Å². The summed E-state index contributed by atoms with van der Waals surface area (Å²) in [5, 5.41) is 0. The molecule has 1 fully saturated rings. The first-order valence-corrected chi connectivity index (χ1v) is 12.0. The van der Waals surface area contributed by atoms with Gasteiger partial charge in [-0.05, 0) is 63.1 Å². The molecule has 0 radical (unpaired) electrons. The molecule has 1 atom stereocenters. The van der Waals surface area contributed by atoms with E-state index in [1.165, 1.54) is 35.5 Å². The number of benzene rings is 2. The normalized spacial score (nSPS) is 15.8. The summed E-state index contributed by atoms with van der Waals surface area (Å²) >= 11 is 0. The summed E-state index contributed by atoms with van der Waals surface area (Å²) in [4.78, 5) is 27.0. The van der Waals surface area contributed by atoms with Gasteiger partial charge in [0.25, 0.3) is 5.91 Å². The van der Waals surface area contributed by atoms with Crippen LogP contribution < -0.4 is 4.90 Å². The molecule has 0 unspecified atom stereocenters. The van der Waals surface area contributed by atoms with Gasteiger partial charge < -0.3 is 9.64 Å². The second-order valence-electron chi connectivity index (χ2n) is 7.45. The zero-order valence-electron chi connectivity index (χ0n) is 17.9. The molecule has 0 N–H and O–H groups in total. The molecule has 7 nitrogen and oxygen atoms in total. The van der Waals surface area contributed by atoms with E-state index in [1.54, 1.807) is 4.90 Å². The van der Waals surface area contributed by atoms with E-state index in [2.05, 4.69) is 0 Å². The van der Waals surface area contributed by atoms with Crippen LogP contribution >= 0.6 is 0 Å². The Kier molecular flexibility index (Phi) is 7.46. The van der Waals surface area contributed by atoms with E-state index in [0.717, 1.165) is 24.9 Å². The molecule has 2 aromatic rings. The molecule has 1 aliphatic rings. The predicted octanol–water partition coefficient (Wildman–Crippen LogP) is 3.46. The predicted molar refractivity (Wildman–Crippen MR) is 118 cm³/mol. The summed E-state index contributed by atoms with van der Waals surface area (Å²) in [6, 6.07) is 14.8. The van der Waals surface area contributed by atoms with Gasteiger partial charge in [0.2, 0.25) is 10.0 Å². The number of para-hydroxylation sites is 1. The van der Waals surface area contributed by atoms with Crippen LogP contribution in [0.4, 0.5) is 5.69 Å². The SMILES string of the molecule is CCN(C(=O)[C@@H](C)OC(=O)c1ccc(S(=O)(=O)N2CCCCC2)cc1)c1ccccc1. The lowest BCUT2D eigenvalue weighted by Crippen LogP contribution is -2.40. The molecular formula is C23H28N2O5S. The fourth-order valence-corrected chi connectivity index (χ4v) is 5.11. The van der Waals surface area contributed by atoms with Crippen molar-refractivity contribution in [3.05, 3.63) is 60.2 Å². The number of amides is 1. The highest BCUT2D eigenvalue weighted by atomic mass is 32.2. The average Bonchev–Trinajstić information content (AvgIpc) is 2.80. The van der Waals surface area contributed by atoms with Gasteiger partial charge in [-0.15, -0.1) is 0 Å². The summed E-state index contributed by atoms with van der Waals surface area (Å²) in [6.07, 6.45) is 1.76. The van der Waals surface area contributed by atoms with Gasteiger partial charge >= 0.3 is 5.97 Å². The van der Waals surface area contributed by atoms with Crippen LogP contribution in [-0.2, 0) is 19.6 Å². The van der Waals surface area contributed by atoms with Crippen LogP contribution in [0.25, 0.3) is 0 Å². The molecule has 31 heavy (non-hydrogen) atoms. The van der Waals surface area contributed by atoms with E-state index in [4.69, 9.17) is 4.74 Å². The maximum atomic E-state index is 12.8. The van der Waals surface area contributed by atoms with Gasteiger partial charge in [-0.25, -0.2) is 13.2 Å². The molecule has 1 amide bonds. The first-order valence-electron chi connectivity index (χ1n) is 10.5. The van der Waals surface area contributed by atoms with E-state index < -0.39 is 22.1 Å². The van der Waals surface area contributed by atoms with Gasteiger partial charge in [0.05, 0.1) is 10.5 Å². The van der Waals surface area contributed by atoms with E-state index in [9.17, 15) is 18.0 Å². The minimum absolute atomic E-state index is 0.149. The third-order valence-electron chi connectivity index (χ3n) is 5.32. The number of likely N-dealkylation sites (N-methyl/N-ethyl adjacent to an activating group) is 1. The Morgan fingerprint density at radius 3 is 2.19 bits per heavy atom. The van der Waals surface area contributed by atoms with E-state index in [-0.39, 0.29) is 16.4 Å². The smallest absolute Gasteiger partial charge is 0.338 e. The van der Waals surface area contributed by atoms with Crippen LogP contribution in [0.15, 0.2) is 59.5 Å². The van der Waals surface area contributed by atoms with Gasteiger partial charge in [-0.3, -0.25) is 4.79 Å². The summed E-state index contributed by atoms with van der Waals surface area (Å²) in [5.41, 5.74) is 0.921. The summed E-state index contributed by atoms with van der Waals surface area (Å²) in [7, 11) is -3.57. The Morgan fingerprint density at radius 1 is 1.00 bits per heavy atom. The topological polar surface area (TPSA) is 84.0 Å². The molecule has 0 saturated carbocycles. The third-order valence-corrected chi connectivity index (χ3v) is 7.24. The van der Waals surface area contributed by atoms with E-state index in [1.807, 2.05) is 37.3 Å². The fraction of sp³-hybridized carbons (Fsp3) is 0.391. The van der Waals surface area contributed by atoms with Gasteiger partial charge in [-0.1, -0.05) is 24.6 Å². The van der Waals surface area contributed by atoms with Crippen molar-refractivity contribution in [2.75, 3.05) is 24.5 Å². The monoisotopic (exact) mass is 444 g/mol. The van der Waals surface area contributed by atoms with Crippen molar-refractivity contribution >= 4 is 27.6 Å². The minimum Gasteiger partial charge on any atom is -0.449 e. The number of carbonyl (C=O) groups is 2. The Bertz CT molecular complexity index is 1000. The zero-order valence-corrected chi connectivity index (χ0v) is 18.7. The molecule has 1 heterocycles. The summed E-state index contributed by atoms with van der Waals surface area (Å²) in [6.45, 7) is 4.85. The molecule has 2 aromatic carbocycles. The number of piperidine rings is 1. The van der Waals surface area contributed by atoms with Crippen molar-refractivity contribution in [3.63, 3.8) is 0 Å². The highest BCUT2D eigenvalue weighted by Crippen LogP contribution is 2.21. The van der Waals surface area contributed by atoms with Crippen LogP contribution in [0.5, 0.6) is 0 Å². The number of sulfonamides is 1. The van der Waals surface area contributed by atoms with Crippen molar-refractivity contribution in [1.29, 1.82) is 0 Å². The van der Waals surface area contributed by atoms with Gasteiger partial charge in [0.1, 0.15) is 0 Å². The second-order valence-corrected chi connectivity index (χ2v) is 9.39. The lowest BCUT2D eigenvalue weighted by molar-refractivity contribution is -0.126. The van der Waals surface area contributed by atoms with Crippen molar-refractivity contribution < 1.29 is 22.7 Å². The maximum Gasteiger partial charge on any atom is 0.338 e. The molecule has 0 aromatic heterocycles. The quantitative estimate of drug-likeness (QED) is 0.611. The fourth-order valence-electron chi connectivity index (χ4n) is 3.59. The average molecular weight is 445 g/mol. The van der Waals surface area contributed by atoms with Crippen LogP contribution in [0.1, 0.15) is 43.5 Å². The standard InChI is InChI=1S/C23H28N2O5S/c1-3-25(20-10-6-4-7-11-20)22(26)18(2)30-23(27)19-12-14-21(15-13-19)31(28,29)24-16-8-5-9-17-24/h4,6-7,10-15,18H,3,5,8-9,16-17H2,1-2H3/t18-/m1/s1. The summed E-state index contributed by atoms with van der Waals surface area (Å²) < 4.78 is 32.3. The Morgan fingerprint density at radius 2 is 1.61 bits per heavy atom. The number of nitrogens with zero attached hydrogens (tertiary/aromatic N) is 2. The van der Waals surface area contributed by atoms with Crippen molar-refractivity contribution in [1.82, 2.24) is 4.31 Å². The third kappa shape index (κ3) is 5.32. The van der Waals surface area contributed by atoms with Crippen LogP contribution in [-0.4, -0.2) is 50.3 Å². The molecule has 8 heteroatoms. The molecule has 1 saturated heterocycles. The first-order chi connectivity index (χ1) is 14.8. The molecule has 3 rings (SSSR count). The number of anilines is 1. The Balaban J connectivity index is 1.67. The highest BCUT2D eigenvalue weighted by Gasteiger charge is 2.27. The van der Waals surface area contributed by atoms with E-state index in [0.29, 0.717) is 19.6 Å². The van der Waals surface area contributed by atoms with Gasteiger partial charge in [-0.2, -0.15) is 4.31 Å². The minimum atomic E-state index is -3.57. The van der Waals surface area contributed by atoms with E-state index >= 15 is 0 Å². The first kappa shape index (κ1) is 23.0. The molecule has 0 spiro atoms. The van der Waals surface area contributed by atoms with Crippen LogP contribution in [0.2, 0.25) is 0 Å². The van der Waals surface area contributed by atoms with Crippen molar-refractivity contribution in [3.8, 4) is 0 Å². The highest BCUT2D eigenvalue weighted by molar-refractivity contribution is 7.89. The number of hydrogen-bond donors (Lipinski definition) is 0.